The zero-order valence-electron chi connectivity index (χ0n) is 47.6. The van der Waals surface area contributed by atoms with Crippen LogP contribution >= 0.6 is 0 Å². The van der Waals surface area contributed by atoms with Gasteiger partial charge in [0, 0.05) is 79.3 Å². The van der Waals surface area contributed by atoms with Crippen molar-refractivity contribution in [3.63, 3.8) is 0 Å². The zero-order valence-corrected chi connectivity index (χ0v) is 47.6. The van der Waals surface area contributed by atoms with Crippen molar-refractivity contribution in [2.45, 2.75) is 123 Å². The summed E-state index contributed by atoms with van der Waals surface area (Å²) in [5.41, 5.74) is 8.51. The van der Waals surface area contributed by atoms with Crippen LogP contribution in [-0.4, -0.2) is 130 Å². The Morgan fingerprint density at radius 1 is 0.964 bits per heavy atom. The van der Waals surface area contributed by atoms with E-state index in [2.05, 4.69) is 48.0 Å². The van der Waals surface area contributed by atoms with Crippen LogP contribution in [0.25, 0.3) is 55.4 Å². The van der Waals surface area contributed by atoms with Crippen LogP contribution in [0.4, 0.5) is 10.2 Å². The lowest BCUT2D eigenvalue weighted by Gasteiger charge is -2.30. The van der Waals surface area contributed by atoms with Gasteiger partial charge in [-0.2, -0.15) is 25.4 Å². The molecule has 3 aliphatic rings. The number of benzene rings is 4. The van der Waals surface area contributed by atoms with E-state index < -0.39 is 36.0 Å². The van der Waals surface area contributed by atoms with Crippen LogP contribution in [0, 0.1) is 35.9 Å². The van der Waals surface area contributed by atoms with Crippen LogP contribution in [0.15, 0.2) is 85.3 Å². The molecule has 6 heterocycles. The number of fused-ring (bicyclic) bond motifs is 2. The van der Waals surface area contributed by atoms with Gasteiger partial charge in [0.15, 0.2) is 5.75 Å². The second kappa shape index (κ2) is 24.3. The van der Waals surface area contributed by atoms with Gasteiger partial charge in [-0.3, -0.25) is 19.4 Å². The fraction of sp³-hybridized carbons (Fsp3) is 0.435. The second-order valence-corrected chi connectivity index (χ2v) is 22.5. The largest absolute Gasteiger partial charge is 0.486 e. The molecule has 83 heavy (non-hydrogen) atoms. The molecule has 2 saturated heterocycles. The maximum absolute atomic E-state index is 16.1. The number of carbonyl (C=O) groups excluding carboxylic acids is 2. The van der Waals surface area contributed by atoms with Crippen molar-refractivity contribution in [1.29, 1.82) is 5.26 Å². The number of methoxy groups -OCH3 is 1. The minimum Gasteiger partial charge on any atom is -0.486 e. The molecule has 4 N–H and O–H groups in total. The number of β-amino-alcohol motifs (C(OH)–C–C–N with tert-alkyl or cyclic N) is 1. The lowest BCUT2D eigenvalue weighted by molar-refractivity contribution is -0.142. The van der Waals surface area contributed by atoms with Crippen LogP contribution in [-0.2, 0) is 27.5 Å². The normalized spacial score (nSPS) is 18.5. The molecule has 20 nitrogen and oxygen atoms in total. The number of rotatable bonds is 20. The van der Waals surface area contributed by atoms with Gasteiger partial charge in [0.25, 0.3) is 0 Å². The summed E-state index contributed by atoms with van der Waals surface area (Å²) >= 11 is 0. The molecule has 4 aromatic carbocycles. The number of nitrogens with one attached hydrogen (secondary N) is 2. The first kappa shape index (κ1) is 56.5. The van der Waals surface area contributed by atoms with Crippen molar-refractivity contribution in [3.8, 4) is 51.5 Å². The van der Waals surface area contributed by atoms with E-state index >= 15 is 4.39 Å². The molecule has 432 valence electrons. The number of aliphatic hydroxyl groups excluding tert-OH is 2. The first-order chi connectivity index (χ1) is 40.2. The molecular weight excluding hydrogens is 1060 g/mol. The molecule has 8 aromatic rings. The highest BCUT2D eigenvalue weighted by Gasteiger charge is 2.43. The summed E-state index contributed by atoms with van der Waals surface area (Å²) in [4.78, 5) is 42.5. The summed E-state index contributed by atoms with van der Waals surface area (Å²) in [5, 5.41) is 56.4. The van der Waals surface area contributed by atoms with Gasteiger partial charge in [-0.05, 0) is 111 Å². The lowest BCUT2D eigenvalue weighted by atomic mass is 9.88. The van der Waals surface area contributed by atoms with Crippen molar-refractivity contribution < 1.29 is 38.4 Å². The minimum absolute atomic E-state index is 0.0307. The Bertz CT molecular complexity index is 3680. The Balaban J connectivity index is 0.873. The molecule has 1 unspecified atom stereocenters. The molecule has 2 amide bonds. The molecule has 1 saturated carbocycles. The van der Waals surface area contributed by atoms with Gasteiger partial charge >= 0.3 is 6.01 Å². The quantitative estimate of drug-likeness (QED) is 0.0557. The molecule has 0 bridgehead atoms. The number of amides is 2. The van der Waals surface area contributed by atoms with Crippen LogP contribution < -0.4 is 19.7 Å². The number of likely N-dealkylation sites (tertiary alicyclic amines) is 1. The summed E-state index contributed by atoms with van der Waals surface area (Å²) in [6.07, 6.45) is 8.18. The Morgan fingerprint density at radius 2 is 1.75 bits per heavy atom. The standard InChI is InChI=1S/C62H70FN13O7/c1-7-75-52(20-22-66-75)43-18-16-42(17-19-43)51(32-77)67-60(79)53-25-44(78)30-74(53)61(80)57(35(2)3)76-31-50(71-72-76)41-12-10-39(11-13-41)34-82-58-55(54-37(5)48(63)27-49-47(54)29-65-70-49)45(40-14-15-40)26-46-56(58)68-62(83-33-36(4)81-6)69-59(46)73-23-8-9-38(28-64)21-24-73/h10-13,16-20,22,26-27,29,31,35-36,38,40,44,51,53,57,77-78H,7-9,14-15,21,23-25,30,32-34H2,1-6H3,(H,65,70)(H,67,79)/t36-,38?,44+,51-,53-,57-/m0/s1. The van der Waals surface area contributed by atoms with Crippen LogP contribution in [0.3, 0.4) is 0 Å². The molecule has 3 fully saturated rings. The van der Waals surface area contributed by atoms with E-state index in [0.717, 1.165) is 70.0 Å². The number of aliphatic hydroxyl groups is 2. The van der Waals surface area contributed by atoms with E-state index in [0.29, 0.717) is 71.0 Å². The molecule has 4 aromatic heterocycles. The number of nitrogens with zero attached hydrogens (tertiary/aromatic N) is 11. The number of nitriles is 1. The Hall–Kier alpha value is -8.32. The number of ether oxygens (including phenoxy) is 3. The lowest BCUT2D eigenvalue weighted by Crippen LogP contribution is -2.50. The number of aromatic amines is 1. The molecule has 0 radical (unpaired) electrons. The Labute approximate surface area is 480 Å². The van der Waals surface area contributed by atoms with Crippen molar-refractivity contribution in [1.82, 2.24) is 55.2 Å². The van der Waals surface area contributed by atoms with Gasteiger partial charge in [0.1, 0.15) is 48.1 Å². The van der Waals surface area contributed by atoms with Crippen LogP contribution in [0.5, 0.6) is 11.8 Å². The van der Waals surface area contributed by atoms with Crippen molar-refractivity contribution in [2.24, 2.45) is 11.8 Å². The third-order valence-electron chi connectivity index (χ3n) is 16.5. The first-order valence-corrected chi connectivity index (χ1v) is 28.7. The summed E-state index contributed by atoms with van der Waals surface area (Å²) in [5.74, 6) is -0.310. The average Bonchev–Trinajstić information content (AvgIpc) is 2.45. The van der Waals surface area contributed by atoms with Crippen molar-refractivity contribution in [3.05, 3.63) is 113 Å². The zero-order chi connectivity index (χ0) is 58.1. The minimum atomic E-state index is -0.995. The summed E-state index contributed by atoms with van der Waals surface area (Å²) < 4.78 is 38.5. The van der Waals surface area contributed by atoms with Crippen LogP contribution in [0.2, 0.25) is 0 Å². The molecular formula is C62H70FN13O7. The average molecular weight is 1130 g/mol. The van der Waals surface area contributed by atoms with E-state index in [1.165, 1.54) is 15.6 Å². The highest BCUT2D eigenvalue weighted by atomic mass is 19.1. The van der Waals surface area contributed by atoms with Gasteiger partial charge in [0.05, 0.1) is 54.5 Å². The second-order valence-electron chi connectivity index (χ2n) is 22.5. The van der Waals surface area contributed by atoms with Gasteiger partial charge in [0.2, 0.25) is 11.8 Å². The fourth-order valence-electron chi connectivity index (χ4n) is 11.7. The maximum Gasteiger partial charge on any atom is 0.319 e. The first-order valence-electron chi connectivity index (χ1n) is 28.7. The number of halogens is 1. The Morgan fingerprint density at radius 3 is 2.47 bits per heavy atom. The van der Waals surface area contributed by atoms with Crippen molar-refractivity contribution >= 4 is 39.4 Å². The molecule has 0 spiro atoms. The van der Waals surface area contributed by atoms with E-state index in [4.69, 9.17) is 24.2 Å². The number of H-pyrrole nitrogens is 1. The summed E-state index contributed by atoms with van der Waals surface area (Å²) in [6.45, 7) is 11.3. The Kier molecular flexibility index (Phi) is 16.5. The smallest absolute Gasteiger partial charge is 0.319 e. The predicted molar refractivity (Wildman–Crippen MR) is 310 cm³/mol. The predicted octanol–water partition coefficient (Wildman–Crippen LogP) is 8.77. The van der Waals surface area contributed by atoms with E-state index in [-0.39, 0.29) is 68.5 Å². The number of hydrogen-bond donors (Lipinski definition) is 4. The fourth-order valence-corrected chi connectivity index (χ4v) is 11.7. The SMILES string of the molecule is CCn1nccc1-c1ccc([C@H](CO)NC(=O)[C@@H]2C[C@@H](O)CN2C(=O)[C@H](C(C)C)n2cc(-c3ccc(COc4c(-c5c(C)c(F)cc6[nH]ncc56)c(C5CC5)cc5c(N6CCCC(C#N)CC6)nc(OC[C@H](C)OC)nc45)cc3)nn2)cc1. The number of aromatic nitrogens is 9. The summed E-state index contributed by atoms with van der Waals surface area (Å²) in [7, 11) is 1.62. The summed E-state index contributed by atoms with van der Waals surface area (Å²) in [6, 6.07) is 20.8. The number of anilines is 1. The monoisotopic (exact) mass is 1130 g/mol. The van der Waals surface area contributed by atoms with E-state index in [1.807, 2.05) is 87.0 Å². The van der Waals surface area contributed by atoms with Crippen LogP contribution in [0.1, 0.15) is 106 Å². The van der Waals surface area contributed by atoms with Gasteiger partial charge in [-0.15, -0.1) is 5.10 Å². The third-order valence-corrected chi connectivity index (χ3v) is 16.5. The molecule has 21 heteroatoms. The third kappa shape index (κ3) is 11.6. The maximum atomic E-state index is 16.1. The van der Waals surface area contributed by atoms with E-state index in [9.17, 15) is 25.1 Å². The molecule has 6 atom stereocenters. The highest BCUT2D eigenvalue weighted by molar-refractivity contribution is 6.06. The topological polar surface area (TPSA) is 248 Å². The molecule has 11 rings (SSSR count). The van der Waals surface area contributed by atoms with E-state index in [1.54, 1.807) is 32.6 Å². The number of aryl methyl sites for hydroxylation is 1. The van der Waals surface area contributed by atoms with Gasteiger partial charge in [-0.25, -0.2) is 9.07 Å². The number of carbonyl (C=O) groups is 2. The van der Waals surface area contributed by atoms with Gasteiger partial charge < -0.3 is 39.5 Å². The molecule has 1 aliphatic carbocycles. The highest BCUT2D eigenvalue weighted by Crippen LogP contribution is 2.53. The van der Waals surface area contributed by atoms with Crippen molar-refractivity contribution in [2.75, 3.05) is 44.9 Å². The number of hydrogen-bond acceptors (Lipinski definition) is 15. The van der Waals surface area contributed by atoms with Gasteiger partial charge in [-0.1, -0.05) is 67.6 Å². The molecule has 2 aliphatic heterocycles.